The highest BCUT2D eigenvalue weighted by Gasteiger charge is 2.33. The summed E-state index contributed by atoms with van der Waals surface area (Å²) in [6.07, 6.45) is 8.11. The molecule has 1 aromatic rings. The summed E-state index contributed by atoms with van der Waals surface area (Å²) >= 11 is 0. The predicted octanol–water partition coefficient (Wildman–Crippen LogP) is 4.01. The highest BCUT2D eigenvalue weighted by molar-refractivity contribution is 5.40. The standard InChI is InChI=1S/C18H30N2/c1-15(2)13-18(9-3-4-10-18)14-20-11-8-16-6-5-7-17(19)12-16/h5-7,12,15,20H,3-4,8-11,13-14,19H2,1-2H3. The lowest BCUT2D eigenvalue weighted by molar-refractivity contribution is 0.225. The van der Waals surface area contributed by atoms with Crippen molar-refractivity contribution in [2.45, 2.75) is 52.4 Å². The van der Waals surface area contributed by atoms with E-state index in [4.69, 9.17) is 5.73 Å². The lowest BCUT2D eigenvalue weighted by Crippen LogP contribution is -2.34. The zero-order chi connectivity index (χ0) is 14.4. The Morgan fingerprint density at radius 1 is 1.25 bits per heavy atom. The molecule has 1 saturated carbocycles. The Labute approximate surface area is 124 Å². The van der Waals surface area contributed by atoms with Gasteiger partial charge in [0.25, 0.3) is 0 Å². The van der Waals surface area contributed by atoms with Gasteiger partial charge in [-0.2, -0.15) is 0 Å². The van der Waals surface area contributed by atoms with Crippen LogP contribution in [0.3, 0.4) is 0 Å². The SMILES string of the molecule is CC(C)CC1(CNCCc2cccc(N)c2)CCCC1. The van der Waals surface area contributed by atoms with Gasteiger partial charge in [0.2, 0.25) is 0 Å². The molecule has 0 spiro atoms. The molecule has 0 atom stereocenters. The Hall–Kier alpha value is -1.02. The van der Waals surface area contributed by atoms with Gasteiger partial charge in [-0.05, 0) is 61.3 Å². The number of nitrogens with one attached hydrogen (secondary N) is 1. The molecule has 0 amide bonds. The maximum Gasteiger partial charge on any atom is 0.0316 e. The summed E-state index contributed by atoms with van der Waals surface area (Å²) in [4.78, 5) is 0. The molecular weight excluding hydrogens is 244 g/mol. The number of hydrogen-bond donors (Lipinski definition) is 2. The van der Waals surface area contributed by atoms with Crippen molar-refractivity contribution >= 4 is 5.69 Å². The fourth-order valence-electron chi connectivity index (χ4n) is 3.78. The van der Waals surface area contributed by atoms with Gasteiger partial charge in [0.15, 0.2) is 0 Å². The number of nitrogen functional groups attached to an aromatic ring is 1. The molecule has 20 heavy (non-hydrogen) atoms. The van der Waals surface area contributed by atoms with E-state index in [9.17, 15) is 0 Å². The van der Waals surface area contributed by atoms with Gasteiger partial charge >= 0.3 is 0 Å². The zero-order valence-electron chi connectivity index (χ0n) is 13.1. The average Bonchev–Trinajstić information content (AvgIpc) is 2.83. The minimum absolute atomic E-state index is 0.573. The molecule has 1 fully saturated rings. The number of rotatable bonds is 7. The van der Waals surface area contributed by atoms with Crippen LogP contribution >= 0.6 is 0 Å². The molecular formula is C18H30N2. The van der Waals surface area contributed by atoms with Crippen LogP contribution in [0.2, 0.25) is 0 Å². The van der Waals surface area contributed by atoms with Crippen LogP contribution < -0.4 is 11.1 Å². The van der Waals surface area contributed by atoms with Crippen molar-refractivity contribution in [2.75, 3.05) is 18.8 Å². The third kappa shape index (κ3) is 4.52. The molecule has 0 radical (unpaired) electrons. The third-order valence-corrected chi connectivity index (χ3v) is 4.55. The van der Waals surface area contributed by atoms with E-state index in [2.05, 4.69) is 31.3 Å². The Morgan fingerprint density at radius 3 is 2.65 bits per heavy atom. The van der Waals surface area contributed by atoms with Crippen LogP contribution in [-0.2, 0) is 6.42 Å². The van der Waals surface area contributed by atoms with Crippen molar-refractivity contribution in [1.29, 1.82) is 0 Å². The summed E-state index contributed by atoms with van der Waals surface area (Å²) in [5.41, 5.74) is 8.60. The average molecular weight is 274 g/mol. The Bertz CT molecular complexity index is 406. The van der Waals surface area contributed by atoms with E-state index >= 15 is 0 Å². The minimum atomic E-state index is 0.573. The zero-order valence-corrected chi connectivity index (χ0v) is 13.1. The summed E-state index contributed by atoms with van der Waals surface area (Å²) in [5.74, 6) is 0.809. The monoisotopic (exact) mass is 274 g/mol. The van der Waals surface area contributed by atoms with E-state index in [-0.39, 0.29) is 0 Å². The van der Waals surface area contributed by atoms with Crippen LogP contribution in [0.15, 0.2) is 24.3 Å². The van der Waals surface area contributed by atoms with Gasteiger partial charge in [0, 0.05) is 12.2 Å². The van der Waals surface area contributed by atoms with E-state index < -0.39 is 0 Å². The van der Waals surface area contributed by atoms with Crippen LogP contribution in [0, 0.1) is 11.3 Å². The highest BCUT2D eigenvalue weighted by atomic mass is 14.9. The number of nitrogens with two attached hydrogens (primary N) is 1. The molecule has 112 valence electrons. The van der Waals surface area contributed by atoms with Crippen molar-refractivity contribution in [3.8, 4) is 0 Å². The summed E-state index contributed by atoms with van der Waals surface area (Å²) in [5, 5.41) is 3.70. The topological polar surface area (TPSA) is 38.0 Å². The molecule has 0 unspecified atom stereocenters. The molecule has 0 aliphatic heterocycles. The van der Waals surface area contributed by atoms with Crippen LogP contribution in [0.1, 0.15) is 51.5 Å². The smallest absolute Gasteiger partial charge is 0.0316 e. The van der Waals surface area contributed by atoms with Gasteiger partial charge in [-0.1, -0.05) is 38.8 Å². The van der Waals surface area contributed by atoms with Crippen LogP contribution in [-0.4, -0.2) is 13.1 Å². The molecule has 1 aliphatic carbocycles. The third-order valence-electron chi connectivity index (χ3n) is 4.55. The first-order valence-electron chi connectivity index (χ1n) is 8.15. The van der Waals surface area contributed by atoms with Crippen LogP contribution in [0.5, 0.6) is 0 Å². The van der Waals surface area contributed by atoms with Crippen molar-refractivity contribution in [3.63, 3.8) is 0 Å². The molecule has 3 N–H and O–H groups in total. The molecule has 0 aromatic heterocycles. The summed E-state index contributed by atoms with van der Waals surface area (Å²) < 4.78 is 0. The van der Waals surface area contributed by atoms with Crippen molar-refractivity contribution in [1.82, 2.24) is 5.32 Å². The molecule has 0 saturated heterocycles. The first-order valence-corrected chi connectivity index (χ1v) is 8.15. The maximum absolute atomic E-state index is 5.82. The molecule has 2 rings (SSSR count). The summed E-state index contributed by atoms with van der Waals surface area (Å²) in [7, 11) is 0. The minimum Gasteiger partial charge on any atom is -0.399 e. The van der Waals surface area contributed by atoms with Crippen molar-refractivity contribution in [2.24, 2.45) is 11.3 Å². The van der Waals surface area contributed by atoms with Gasteiger partial charge in [0.05, 0.1) is 0 Å². The predicted molar refractivity (Wildman–Crippen MR) is 87.8 cm³/mol. The van der Waals surface area contributed by atoms with Crippen LogP contribution in [0.25, 0.3) is 0 Å². The first kappa shape index (κ1) is 15.4. The van der Waals surface area contributed by atoms with Crippen LogP contribution in [0.4, 0.5) is 5.69 Å². The van der Waals surface area contributed by atoms with Crippen molar-refractivity contribution < 1.29 is 0 Å². The molecule has 0 heterocycles. The fraction of sp³-hybridized carbons (Fsp3) is 0.667. The van der Waals surface area contributed by atoms with Gasteiger partial charge < -0.3 is 11.1 Å². The van der Waals surface area contributed by atoms with Gasteiger partial charge in [0.1, 0.15) is 0 Å². The van der Waals surface area contributed by atoms with E-state index in [0.29, 0.717) is 5.41 Å². The van der Waals surface area contributed by atoms with E-state index in [1.54, 1.807) is 0 Å². The number of hydrogen-bond acceptors (Lipinski definition) is 2. The normalized spacial score (nSPS) is 17.8. The Morgan fingerprint density at radius 2 is 2.00 bits per heavy atom. The second-order valence-electron chi connectivity index (χ2n) is 6.98. The molecule has 2 heteroatoms. The Balaban J connectivity index is 1.76. The first-order chi connectivity index (χ1) is 9.60. The highest BCUT2D eigenvalue weighted by Crippen LogP contribution is 2.42. The molecule has 1 aliphatic rings. The summed E-state index contributed by atoms with van der Waals surface area (Å²) in [6.45, 7) is 6.95. The lowest BCUT2D eigenvalue weighted by Gasteiger charge is -2.31. The number of anilines is 1. The van der Waals surface area contributed by atoms with E-state index in [0.717, 1.165) is 24.6 Å². The van der Waals surface area contributed by atoms with Crippen molar-refractivity contribution in [3.05, 3.63) is 29.8 Å². The quantitative estimate of drug-likeness (QED) is 0.582. The number of benzene rings is 1. The second kappa shape index (κ2) is 7.12. The molecule has 1 aromatic carbocycles. The largest absolute Gasteiger partial charge is 0.399 e. The second-order valence-corrected chi connectivity index (χ2v) is 6.98. The Kier molecular flexibility index (Phi) is 5.47. The summed E-state index contributed by atoms with van der Waals surface area (Å²) in [6, 6.07) is 8.24. The maximum atomic E-state index is 5.82. The fourth-order valence-corrected chi connectivity index (χ4v) is 3.78. The van der Waals surface area contributed by atoms with Gasteiger partial charge in [-0.25, -0.2) is 0 Å². The van der Waals surface area contributed by atoms with E-state index in [1.165, 1.54) is 44.2 Å². The van der Waals surface area contributed by atoms with Gasteiger partial charge in [-0.15, -0.1) is 0 Å². The molecule has 0 bridgehead atoms. The van der Waals surface area contributed by atoms with E-state index in [1.807, 2.05) is 12.1 Å². The molecule has 2 nitrogen and oxygen atoms in total. The lowest BCUT2D eigenvalue weighted by atomic mass is 9.78. The van der Waals surface area contributed by atoms with Gasteiger partial charge in [-0.3, -0.25) is 0 Å².